The van der Waals surface area contributed by atoms with Gasteiger partial charge in [0.25, 0.3) is 0 Å². The summed E-state index contributed by atoms with van der Waals surface area (Å²) in [6.07, 6.45) is -0.786. The second kappa shape index (κ2) is 5.79. The fourth-order valence-corrected chi connectivity index (χ4v) is 2.41. The van der Waals surface area contributed by atoms with Crippen LogP contribution in [0.2, 0.25) is 0 Å². The largest absolute Gasteiger partial charge is 0.448 e. The number of benzene rings is 1. The van der Waals surface area contributed by atoms with Gasteiger partial charge in [0.2, 0.25) is 0 Å². The third-order valence-corrected chi connectivity index (χ3v) is 3.34. The van der Waals surface area contributed by atoms with Gasteiger partial charge in [0, 0.05) is 4.47 Å². The maximum atomic E-state index is 10.6. The van der Waals surface area contributed by atoms with Crippen molar-refractivity contribution in [3.8, 4) is 0 Å². The highest BCUT2D eigenvalue weighted by atomic mass is 79.9. The summed E-state index contributed by atoms with van der Waals surface area (Å²) in [5.74, 6) is 0.739. The molecule has 0 bridgehead atoms. The highest BCUT2D eigenvalue weighted by molar-refractivity contribution is 9.10. The van der Waals surface area contributed by atoms with Crippen LogP contribution in [0, 0.1) is 0 Å². The van der Waals surface area contributed by atoms with E-state index in [1.165, 1.54) is 0 Å². The van der Waals surface area contributed by atoms with Gasteiger partial charge in [-0.2, -0.15) is 0 Å². The first kappa shape index (κ1) is 14.1. The number of halogens is 2. The van der Waals surface area contributed by atoms with Crippen LogP contribution in [0.25, 0.3) is 11.0 Å². The first-order valence-electron chi connectivity index (χ1n) is 5.71. The van der Waals surface area contributed by atoms with E-state index in [1.54, 1.807) is 0 Å². The molecule has 1 aromatic carbocycles. The summed E-state index contributed by atoms with van der Waals surface area (Å²) in [5, 5.41) is -0.236. The average molecular weight is 347 g/mol. The molecule has 102 valence electrons. The van der Waals surface area contributed by atoms with E-state index in [1.807, 2.05) is 29.7 Å². The maximum Gasteiger partial charge on any atom is 0.404 e. The number of primary amides is 1. The van der Waals surface area contributed by atoms with E-state index in [4.69, 9.17) is 22.1 Å². The number of nitrogens with two attached hydrogens (primary N) is 1. The van der Waals surface area contributed by atoms with Gasteiger partial charge < -0.3 is 15.0 Å². The predicted molar refractivity (Wildman–Crippen MR) is 77.2 cm³/mol. The van der Waals surface area contributed by atoms with Crippen LogP contribution < -0.4 is 5.73 Å². The summed E-state index contributed by atoms with van der Waals surface area (Å²) in [6.45, 7) is 2.50. The van der Waals surface area contributed by atoms with E-state index in [0.717, 1.165) is 21.3 Å². The second-order valence-corrected chi connectivity index (χ2v) is 5.61. The van der Waals surface area contributed by atoms with Gasteiger partial charge >= 0.3 is 6.09 Å². The SMILES string of the molecule is CC(Cl)c1nc2ccc(Br)cc2n1CCOC(N)=O. The molecular weight excluding hydrogens is 334 g/mol. The summed E-state index contributed by atoms with van der Waals surface area (Å²) in [6, 6.07) is 5.78. The number of aromatic nitrogens is 2. The average Bonchev–Trinajstić information content (AvgIpc) is 2.67. The molecule has 19 heavy (non-hydrogen) atoms. The summed E-state index contributed by atoms with van der Waals surface area (Å²) in [5.41, 5.74) is 6.73. The number of amides is 1. The Labute approximate surface area is 123 Å². The Balaban J connectivity index is 2.39. The van der Waals surface area contributed by atoms with E-state index in [0.29, 0.717) is 6.54 Å². The van der Waals surface area contributed by atoms with Gasteiger partial charge in [-0.05, 0) is 25.1 Å². The smallest absolute Gasteiger partial charge is 0.404 e. The summed E-state index contributed by atoms with van der Waals surface area (Å²) in [7, 11) is 0. The maximum absolute atomic E-state index is 10.6. The topological polar surface area (TPSA) is 70.1 Å². The molecule has 5 nitrogen and oxygen atoms in total. The highest BCUT2D eigenvalue weighted by Gasteiger charge is 2.15. The third-order valence-electron chi connectivity index (χ3n) is 2.65. The lowest BCUT2D eigenvalue weighted by molar-refractivity contribution is 0.152. The molecule has 2 N–H and O–H groups in total. The quantitative estimate of drug-likeness (QED) is 0.864. The van der Waals surface area contributed by atoms with Crippen LogP contribution >= 0.6 is 27.5 Å². The molecule has 0 radical (unpaired) electrons. The molecular formula is C12H13BrClN3O2. The molecule has 0 aliphatic heterocycles. The van der Waals surface area contributed by atoms with Crippen LogP contribution in [0.15, 0.2) is 22.7 Å². The van der Waals surface area contributed by atoms with Crippen LogP contribution in [-0.4, -0.2) is 22.3 Å². The zero-order valence-electron chi connectivity index (χ0n) is 10.3. The first-order chi connectivity index (χ1) is 8.99. The van der Waals surface area contributed by atoms with Crippen molar-refractivity contribution in [1.82, 2.24) is 9.55 Å². The number of carbonyl (C=O) groups excluding carboxylic acids is 1. The van der Waals surface area contributed by atoms with Gasteiger partial charge in [-0.3, -0.25) is 0 Å². The van der Waals surface area contributed by atoms with Gasteiger partial charge in [0.1, 0.15) is 12.4 Å². The Bertz CT molecular complexity index is 612. The molecule has 2 aromatic rings. The Kier molecular flexibility index (Phi) is 4.31. The number of ether oxygens (including phenoxy) is 1. The van der Waals surface area contributed by atoms with Crippen molar-refractivity contribution in [3.63, 3.8) is 0 Å². The fourth-order valence-electron chi connectivity index (χ4n) is 1.89. The van der Waals surface area contributed by atoms with Gasteiger partial charge in [0.05, 0.1) is 23.0 Å². The first-order valence-corrected chi connectivity index (χ1v) is 6.94. The molecule has 0 spiro atoms. The molecule has 0 saturated heterocycles. The molecule has 1 aromatic heterocycles. The van der Waals surface area contributed by atoms with Crippen LogP contribution in [0.4, 0.5) is 4.79 Å². The molecule has 1 amide bonds. The Morgan fingerprint density at radius 3 is 3.00 bits per heavy atom. The zero-order chi connectivity index (χ0) is 14.0. The number of rotatable bonds is 4. The van der Waals surface area contributed by atoms with E-state index in [9.17, 15) is 4.79 Å². The number of alkyl halides is 1. The van der Waals surface area contributed by atoms with Crippen LogP contribution in [0.3, 0.4) is 0 Å². The van der Waals surface area contributed by atoms with E-state index < -0.39 is 6.09 Å². The van der Waals surface area contributed by atoms with Gasteiger partial charge in [0.15, 0.2) is 0 Å². The number of imidazole rings is 1. The van der Waals surface area contributed by atoms with Gasteiger partial charge in [-0.15, -0.1) is 11.6 Å². The van der Waals surface area contributed by atoms with E-state index >= 15 is 0 Å². The van der Waals surface area contributed by atoms with Crippen LogP contribution in [0.5, 0.6) is 0 Å². The third kappa shape index (κ3) is 3.19. The molecule has 0 aliphatic carbocycles. The standard InChI is InChI=1S/C12H13BrClN3O2/c1-7(14)11-16-9-3-2-8(13)6-10(9)17(11)4-5-19-12(15)18/h2-3,6-7H,4-5H2,1H3,(H2,15,18). The molecule has 1 atom stereocenters. The van der Waals surface area contributed by atoms with Crippen LogP contribution in [0.1, 0.15) is 18.1 Å². The molecule has 7 heteroatoms. The minimum atomic E-state index is -0.786. The zero-order valence-corrected chi connectivity index (χ0v) is 12.6. The number of fused-ring (bicyclic) bond motifs is 1. The van der Waals surface area contributed by atoms with Crippen molar-refractivity contribution >= 4 is 44.7 Å². The van der Waals surface area contributed by atoms with Crippen LogP contribution in [-0.2, 0) is 11.3 Å². The molecule has 0 aliphatic rings. The van der Waals surface area contributed by atoms with Crippen molar-refractivity contribution in [3.05, 3.63) is 28.5 Å². The van der Waals surface area contributed by atoms with Crippen molar-refractivity contribution in [1.29, 1.82) is 0 Å². The number of hydrogen-bond donors (Lipinski definition) is 1. The number of carbonyl (C=O) groups is 1. The Hall–Kier alpha value is -1.27. The number of nitrogens with zero attached hydrogens (tertiary/aromatic N) is 2. The normalized spacial score (nSPS) is 12.6. The predicted octanol–water partition coefficient (Wildman–Crippen LogP) is 3.19. The lowest BCUT2D eigenvalue weighted by Crippen LogP contribution is -2.17. The Morgan fingerprint density at radius 2 is 2.37 bits per heavy atom. The second-order valence-electron chi connectivity index (χ2n) is 4.04. The lowest BCUT2D eigenvalue weighted by Gasteiger charge is -2.10. The van der Waals surface area contributed by atoms with Gasteiger partial charge in [-0.25, -0.2) is 9.78 Å². The van der Waals surface area contributed by atoms with Gasteiger partial charge in [-0.1, -0.05) is 15.9 Å². The van der Waals surface area contributed by atoms with E-state index in [2.05, 4.69) is 20.9 Å². The highest BCUT2D eigenvalue weighted by Crippen LogP contribution is 2.26. The summed E-state index contributed by atoms with van der Waals surface area (Å²) < 4.78 is 7.65. The fraction of sp³-hybridized carbons (Fsp3) is 0.333. The molecule has 0 fully saturated rings. The molecule has 2 rings (SSSR count). The minimum absolute atomic E-state index is 0.184. The molecule has 1 unspecified atom stereocenters. The lowest BCUT2D eigenvalue weighted by atomic mass is 10.3. The molecule has 1 heterocycles. The Morgan fingerprint density at radius 1 is 1.63 bits per heavy atom. The monoisotopic (exact) mass is 345 g/mol. The van der Waals surface area contributed by atoms with Crippen molar-refractivity contribution in [2.24, 2.45) is 5.73 Å². The van der Waals surface area contributed by atoms with Crippen molar-refractivity contribution in [2.45, 2.75) is 18.8 Å². The number of hydrogen-bond acceptors (Lipinski definition) is 3. The summed E-state index contributed by atoms with van der Waals surface area (Å²) in [4.78, 5) is 15.1. The van der Waals surface area contributed by atoms with E-state index in [-0.39, 0.29) is 12.0 Å². The summed E-state index contributed by atoms with van der Waals surface area (Å²) >= 11 is 9.56. The molecule has 0 saturated carbocycles. The van der Waals surface area contributed by atoms with Crippen molar-refractivity contribution in [2.75, 3.05) is 6.61 Å². The minimum Gasteiger partial charge on any atom is -0.448 e. The van der Waals surface area contributed by atoms with Crippen molar-refractivity contribution < 1.29 is 9.53 Å².